The molecule has 2 aliphatic rings. The monoisotopic (exact) mass is 219 g/mol. The van der Waals surface area contributed by atoms with Crippen LogP contribution in [0.25, 0.3) is 0 Å². The van der Waals surface area contributed by atoms with Gasteiger partial charge < -0.3 is 0 Å². The molecule has 0 aromatic heterocycles. The minimum Gasteiger partial charge on any atom is -0.238 e. The van der Waals surface area contributed by atoms with Crippen LogP contribution >= 0.6 is 0 Å². The molecule has 2 heterocycles. The van der Waals surface area contributed by atoms with Gasteiger partial charge in [-0.3, -0.25) is 0 Å². The van der Waals surface area contributed by atoms with Gasteiger partial charge in [0.15, 0.2) is 12.5 Å². The van der Waals surface area contributed by atoms with Crippen LogP contribution in [0.2, 0.25) is 0 Å². The van der Waals surface area contributed by atoms with Gasteiger partial charge in [0, 0.05) is 17.5 Å². The van der Waals surface area contributed by atoms with Crippen molar-refractivity contribution in [3.63, 3.8) is 0 Å². The van der Waals surface area contributed by atoms with Gasteiger partial charge in [-0.15, -0.1) is 0 Å². The molecule has 1 aromatic rings. The molecule has 0 saturated carbocycles. The average Bonchev–Trinajstić information content (AvgIpc) is 2.55. The molecule has 2 atom stereocenters. The van der Waals surface area contributed by atoms with Crippen molar-refractivity contribution in [2.45, 2.75) is 45.2 Å². The lowest BCUT2D eigenvalue weighted by atomic mass is 9.93. The Morgan fingerprint density at radius 1 is 1.19 bits per heavy atom. The lowest BCUT2D eigenvalue weighted by Crippen LogP contribution is -2.49. The molecule has 0 spiro atoms. The van der Waals surface area contributed by atoms with E-state index in [1.165, 1.54) is 11.1 Å². The van der Waals surface area contributed by atoms with E-state index in [0.29, 0.717) is 0 Å². The second-order valence-electron chi connectivity index (χ2n) is 5.48. The maximum Gasteiger partial charge on any atom is 0.174 e. The molecule has 3 heteroatoms. The quantitative estimate of drug-likeness (QED) is 0.626. The Bertz CT molecular complexity index is 411. The molecule has 0 aliphatic carbocycles. The highest BCUT2D eigenvalue weighted by Gasteiger charge is 2.47. The lowest BCUT2D eigenvalue weighted by Gasteiger charge is -2.40. The van der Waals surface area contributed by atoms with Crippen LogP contribution in [0.1, 0.15) is 38.1 Å². The summed E-state index contributed by atoms with van der Waals surface area (Å²) >= 11 is 0. The summed E-state index contributed by atoms with van der Waals surface area (Å²) in [4.78, 5) is 13.2. The summed E-state index contributed by atoms with van der Waals surface area (Å²) in [5.41, 5.74) is 2.64. The largest absolute Gasteiger partial charge is 0.238 e. The molecule has 0 radical (unpaired) electrons. The van der Waals surface area contributed by atoms with Crippen molar-refractivity contribution in [3.05, 3.63) is 35.4 Å². The number of hydrogen-bond acceptors (Lipinski definition) is 3. The van der Waals surface area contributed by atoms with Gasteiger partial charge in [0.2, 0.25) is 0 Å². The standard InChI is InChI=1S/C13H17NO2/c1-13(2,3)14-11-8-9-6-4-5-7-10(9)12(14)16-15-11/h4-7,11-12H,8H2,1-3H3. The summed E-state index contributed by atoms with van der Waals surface area (Å²) in [5, 5.41) is 0. The summed E-state index contributed by atoms with van der Waals surface area (Å²) in [5.74, 6) is 0. The predicted octanol–water partition coefficient (Wildman–Crippen LogP) is 2.63. The number of benzene rings is 1. The van der Waals surface area contributed by atoms with E-state index in [0.717, 1.165) is 6.42 Å². The van der Waals surface area contributed by atoms with Gasteiger partial charge in [0.25, 0.3) is 0 Å². The Morgan fingerprint density at radius 3 is 2.69 bits per heavy atom. The number of nitrogens with zero attached hydrogens (tertiary/aromatic N) is 1. The number of hydrogen-bond donors (Lipinski definition) is 0. The number of rotatable bonds is 0. The summed E-state index contributed by atoms with van der Waals surface area (Å²) in [7, 11) is 0. The molecule has 86 valence electrons. The van der Waals surface area contributed by atoms with Gasteiger partial charge in [0.1, 0.15) is 0 Å². The van der Waals surface area contributed by atoms with Gasteiger partial charge in [-0.25, -0.2) is 14.7 Å². The summed E-state index contributed by atoms with van der Waals surface area (Å²) in [6.07, 6.45) is 0.916. The smallest absolute Gasteiger partial charge is 0.174 e. The Hall–Kier alpha value is -0.900. The van der Waals surface area contributed by atoms with Crippen LogP contribution in [0.15, 0.2) is 24.3 Å². The highest BCUT2D eigenvalue weighted by molar-refractivity contribution is 5.32. The number of fused-ring (bicyclic) bond motifs is 4. The van der Waals surface area contributed by atoms with Crippen LogP contribution in [-0.2, 0) is 16.2 Å². The minimum absolute atomic E-state index is 0.0463. The summed E-state index contributed by atoms with van der Waals surface area (Å²) in [6.45, 7) is 6.58. The van der Waals surface area contributed by atoms with Crippen LogP contribution in [0, 0.1) is 0 Å². The van der Waals surface area contributed by atoms with Gasteiger partial charge >= 0.3 is 0 Å². The SMILES string of the molecule is CC(C)(C)N1C2Cc3ccccc3C1OO2. The van der Waals surface area contributed by atoms with Gasteiger partial charge in [0.05, 0.1) is 0 Å². The van der Waals surface area contributed by atoms with Crippen molar-refractivity contribution in [2.75, 3.05) is 0 Å². The molecule has 16 heavy (non-hydrogen) atoms. The molecule has 2 bridgehead atoms. The van der Waals surface area contributed by atoms with Crippen molar-refractivity contribution in [3.8, 4) is 0 Å². The first kappa shape index (κ1) is 10.3. The Kier molecular flexibility index (Phi) is 2.11. The van der Waals surface area contributed by atoms with E-state index in [2.05, 4.69) is 49.9 Å². The molecule has 0 N–H and O–H groups in total. The maximum absolute atomic E-state index is 5.47. The van der Waals surface area contributed by atoms with Crippen LogP contribution < -0.4 is 0 Å². The fraction of sp³-hybridized carbons (Fsp3) is 0.538. The van der Waals surface area contributed by atoms with Crippen molar-refractivity contribution in [1.82, 2.24) is 4.90 Å². The lowest BCUT2D eigenvalue weighted by molar-refractivity contribution is -0.295. The van der Waals surface area contributed by atoms with E-state index in [9.17, 15) is 0 Å². The molecular formula is C13H17NO2. The third-order valence-corrected chi connectivity index (χ3v) is 3.31. The van der Waals surface area contributed by atoms with Crippen molar-refractivity contribution < 1.29 is 9.78 Å². The molecule has 3 rings (SSSR count). The van der Waals surface area contributed by atoms with Crippen LogP contribution in [0.5, 0.6) is 0 Å². The fourth-order valence-electron chi connectivity index (χ4n) is 2.63. The highest BCUT2D eigenvalue weighted by atomic mass is 17.2. The maximum atomic E-state index is 5.47. The van der Waals surface area contributed by atoms with Crippen LogP contribution in [0.4, 0.5) is 0 Å². The minimum atomic E-state index is -0.0463. The van der Waals surface area contributed by atoms with Gasteiger partial charge in [-0.1, -0.05) is 24.3 Å². The molecule has 0 amide bonds. The third kappa shape index (κ3) is 1.39. The Labute approximate surface area is 95.9 Å². The van der Waals surface area contributed by atoms with E-state index in [1.807, 2.05) is 0 Å². The zero-order chi connectivity index (χ0) is 11.3. The molecular weight excluding hydrogens is 202 g/mol. The van der Waals surface area contributed by atoms with Crippen LogP contribution in [0.3, 0.4) is 0 Å². The van der Waals surface area contributed by atoms with E-state index < -0.39 is 0 Å². The molecule has 3 nitrogen and oxygen atoms in total. The van der Waals surface area contributed by atoms with E-state index >= 15 is 0 Å². The third-order valence-electron chi connectivity index (χ3n) is 3.31. The molecule has 2 unspecified atom stereocenters. The zero-order valence-electron chi connectivity index (χ0n) is 9.93. The molecule has 1 saturated heterocycles. The predicted molar refractivity (Wildman–Crippen MR) is 60.4 cm³/mol. The van der Waals surface area contributed by atoms with Crippen molar-refractivity contribution >= 4 is 0 Å². The topological polar surface area (TPSA) is 21.7 Å². The molecule has 1 aromatic carbocycles. The molecule has 2 aliphatic heterocycles. The first-order valence-electron chi connectivity index (χ1n) is 5.76. The molecule has 1 fully saturated rings. The first-order chi connectivity index (χ1) is 7.57. The summed E-state index contributed by atoms with van der Waals surface area (Å²) in [6, 6.07) is 8.42. The van der Waals surface area contributed by atoms with Gasteiger partial charge in [-0.2, -0.15) is 0 Å². The normalized spacial score (nSPS) is 29.2. The van der Waals surface area contributed by atoms with Crippen molar-refractivity contribution in [2.24, 2.45) is 0 Å². The van der Waals surface area contributed by atoms with Gasteiger partial charge in [-0.05, 0) is 26.3 Å². The van der Waals surface area contributed by atoms with Crippen LogP contribution in [-0.4, -0.2) is 16.7 Å². The van der Waals surface area contributed by atoms with E-state index in [1.54, 1.807) is 0 Å². The zero-order valence-corrected chi connectivity index (χ0v) is 9.93. The van der Waals surface area contributed by atoms with E-state index in [-0.39, 0.29) is 18.0 Å². The average molecular weight is 219 g/mol. The second kappa shape index (κ2) is 3.29. The summed E-state index contributed by atoms with van der Waals surface area (Å²) < 4.78 is 0. The Morgan fingerprint density at radius 2 is 1.94 bits per heavy atom. The Balaban J connectivity index is 2.06. The highest BCUT2D eigenvalue weighted by Crippen LogP contribution is 2.43. The fourth-order valence-corrected chi connectivity index (χ4v) is 2.63. The van der Waals surface area contributed by atoms with Crippen molar-refractivity contribution in [1.29, 1.82) is 0 Å². The second-order valence-corrected chi connectivity index (χ2v) is 5.48. The first-order valence-corrected chi connectivity index (χ1v) is 5.76. The van der Waals surface area contributed by atoms with E-state index in [4.69, 9.17) is 9.78 Å².